The fraction of sp³-hybridized carbons (Fsp3) is 0.385. The number of carbonyl (C=O) groups is 2. The number of hydrogen-bond donors (Lipinski definition) is 2. The minimum atomic E-state index is -0.876. The lowest BCUT2D eigenvalue weighted by Crippen LogP contribution is -2.36. The summed E-state index contributed by atoms with van der Waals surface area (Å²) in [5.74, 6) is -0.876. The molecule has 2 N–H and O–H groups in total. The van der Waals surface area contributed by atoms with Crippen molar-refractivity contribution in [3.8, 4) is 0 Å². The van der Waals surface area contributed by atoms with Crippen LogP contribution in [0.4, 0.5) is 4.79 Å². The Bertz CT molecular complexity index is 432. The maximum Gasteiger partial charge on any atom is 0.317 e. The van der Waals surface area contributed by atoms with E-state index in [1.54, 1.807) is 24.1 Å². The van der Waals surface area contributed by atoms with Crippen LogP contribution in [0, 0.1) is 0 Å². The van der Waals surface area contributed by atoms with Gasteiger partial charge in [-0.05, 0) is 18.1 Å². The molecule has 0 aliphatic heterocycles. The first-order valence-corrected chi connectivity index (χ1v) is 5.82. The minimum absolute atomic E-state index is 0.0321. The van der Waals surface area contributed by atoms with Crippen LogP contribution in [0.5, 0.6) is 0 Å². The fourth-order valence-corrected chi connectivity index (χ4v) is 1.51. The number of hydrogen-bond acceptors (Lipinski definition) is 2. The Morgan fingerprint density at radius 3 is 2.44 bits per heavy atom. The third kappa shape index (κ3) is 4.08. The van der Waals surface area contributed by atoms with Crippen molar-refractivity contribution in [3.05, 3.63) is 35.4 Å². The van der Waals surface area contributed by atoms with Crippen molar-refractivity contribution in [3.63, 3.8) is 0 Å². The van der Waals surface area contributed by atoms with Crippen molar-refractivity contribution in [1.29, 1.82) is 0 Å². The van der Waals surface area contributed by atoms with Gasteiger partial charge < -0.3 is 15.3 Å². The SMILES string of the molecule is CCN(C)C(=O)NCc1ccccc1CC(=O)O. The predicted octanol–water partition coefficient (Wildman–Crippen LogP) is 1.47. The van der Waals surface area contributed by atoms with Crippen molar-refractivity contribution in [2.75, 3.05) is 13.6 Å². The van der Waals surface area contributed by atoms with Crippen LogP contribution in [0.3, 0.4) is 0 Å². The summed E-state index contributed by atoms with van der Waals surface area (Å²) in [6, 6.07) is 7.05. The number of urea groups is 1. The van der Waals surface area contributed by atoms with Crippen LogP contribution in [-0.2, 0) is 17.8 Å². The number of nitrogens with zero attached hydrogens (tertiary/aromatic N) is 1. The van der Waals surface area contributed by atoms with Gasteiger partial charge in [0.2, 0.25) is 0 Å². The molecule has 0 bridgehead atoms. The zero-order valence-electron chi connectivity index (χ0n) is 10.6. The Balaban J connectivity index is 2.67. The second-order valence-electron chi connectivity index (χ2n) is 4.01. The highest BCUT2D eigenvalue weighted by Gasteiger charge is 2.09. The number of rotatable bonds is 5. The van der Waals surface area contributed by atoms with Gasteiger partial charge in [-0.2, -0.15) is 0 Å². The average Bonchev–Trinajstić information content (AvgIpc) is 2.35. The highest BCUT2D eigenvalue weighted by Crippen LogP contribution is 2.09. The van der Waals surface area contributed by atoms with Gasteiger partial charge in [0.1, 0.15) is 0 Å². The monoisotopic (exact) mass is 250 g/mol. The van der Waals surface area contributed by atoms with Gasteiger partial charge in [-0.15, -0.1) is 0 Å². The number of benzene rings is 1. The number of amides is 2. The second kappa shape index (κ2) is 6.64. The molecule has 18 heavy (non-hydrogen) atoms. The van der Waals surface area contributed by atoms with Crippen molar-refractivity contribution < 1.29 is 14.7 Å². The summed E-state index contributed by atoms with van der Waals surface area (Å²) < 4.78 is 0. The van der Waals surface area contributed by atoms with Crippen molar-refractivity contribution in [2.24, 2.45) is 0 Å². The van der Waals surface area contributed by atoms with Crippen LogP contribution in [0.2, 0.25) is 0 Å². The standard InChI is InChI=1S/C13H18N2O3/c1-3-15(2)13(18)14-9-11-7-5-4-6-10(11)8-12(16)17/h4-7H,3,8-9H2,1-2H3,(H,14,18)(H,16,17). The van der Waals surface area contributed by atoms with Crippen LogP contribution in [0.15, 0.2) is 24.3 Å². The maximum atomic E-state index is 11.6. The maximum absolute atomic E-state index is 11.6. The molecular weight excluding hydrogens is 232 g/mol. The summed E-state index contributed by atoms with van der Waals surface area (Å²) in [4.78, 5) is 23.9. The minimum Gasteiger partial charge on any atom is -0.481 e. The van der Waals surface area contributed by atoms with Gasteiger partial charge >= 0.3 is 12.0 Å². The lowest BCUT2D eigenvalue weighted by molar-refractivity contribution is -0.136. The molecule has 0 saturated heterocycles. The van der Waals surface area contributed by atoms with E-state index in [0.29, 0.717) is 13.1 Å². The van der Waals surface area contributed by atoms with Gasteiger partial charge in [0.15, 0.2) is 0 Å². The van der Waals surface area contributed by atoms with E-state index in [1.807, 2.05) is 19.1 Å². The Morgan fingerprint density at radius 1 is 1.28 bits per heavy atom. The van der Waals surface area contributed by atoms with E-state index in [0.717, 1.165) is 11.1 Å². The lowest BCUT2D eigenvalue weighted by Gasteiger charge is -2.16. The zero-order chi connectivity index (χ0) is 13.5. The third-order valence-corrected chi connectivity index (χ3v) is 2.71. The molecule has 0 aliphatic carbocycles. The average molecular weight is 250 g/mol. The van der Waals surface area contributed by atoms with Gasteiger partial charge in [-0.25, -0.2) is 4.79 Å². The van der Waals surface area contributed by atoms with Crippen LogP contribution in [0.25, 0.3) is 0 Å². The smallest absolute Gasteiger partial charge is 0.317 e. The molecule has 0 aromatic heterocycles. The fourth-order valence-electron chi connectivity index (χ4n) is 1.51. The molecule has 0 atom stereocenters. The van der Waals surface area contributed by atoms with E-state index in [-0.39, 0.29) is 12.5 Å². The van der Waals surface area contributed by atoms with Crippen LogP contribution in [-0.4, -0.2) is 35.6 Å². The van der Waals surface area contributed by atoms with E-state index in [2.05, 4.69) is 5.32 Å². The van der Waals surface area contributed by atoms with E-state index in [4.69, 9.17) is 5.11 Å². The van der Waals surface area contributed by atoms with Crippen LogP contribution in [0.1, 0.15) is 18.1 Å². The van der Waals surface area contributed by atoms with Gasteiger partial charge in [-0.3, -0.25) is 4.79 Å². The van der Waals surface area contributed by atoms with E-state index >= 15 is 0 Å². The highest BCUT2D eigenvalue weighted by molar-refractivity contribution is 5.74. The molecule has 0 heterocycles. The summed E-state index contributed by atoms with van der Waals surface area (Å²) in [6.07, 6.45) is -0.0321. The van der Waals surface area contributed by atoms with Gasteiger partial charge in [0.05, 0.1) is 6.42 Å². The molecule has 0 spiro atoms. The normalized spacial score (nSPS) is 9.89. The number of carboxylic acids is 1. The Labute approximate surface area is 106 Å². The van der Waals surface area contributed by atoms with Crippen LogP contribution < -0.4 is 5.32 Å². The summed E-state index contributed by atoms with van der Waals surface area (Å²) in [6.45, 7) is 2.85. The molecule has 0 unspecified atom stereocenters. The Morgan fingerprint density at radius 2 is 1.89 bits per heavy atom. The first-order valence-electron chi connectivity index (χ1n) is 5.82. The molecule has 5 nitrogen and oxygen atoms in total. The second-order valence-corrected chi connectivity index (χ2v) is 4.01. The first-order chi connectivity index (χ1) is 8.54. The van der Waals surface area contributed by atoms with Gasteiger partial charge in [0, 0.05) is 20.1 Å². The molecular formula is C13H18N2O3. The molecule has 0 radical (unpaired) electrons. The molecule has 0 fully saturated rings. The Hall–Kier alpha value is -2.04. The van der Waals surface area contributed by atoms with Gasteiger partial charge in [-0.1, -0.05) is 24.3 Å². The molecule has 0 aliphatic rings. The number of carbonyl (C=O) groups excluding carboxylic acids is 1. The molecule has 2 amide bonds. The van der Waals surface area contributed by atoms with Crippen molar-refractivity contribution in [2.45, 2.75) is 19.9 Å². The summed E-state index contributed by atoms with van der Waals surface area (Å²) >= 11 is 0. The lowest BCUT2D eigenvalue weighted by atomic mass is 10.0. The van der Waals surface area contributed by atoms with Gasteiger partial charge in [0.25, 0.3) is 0 Å². The molecule has 1 aromatic carbocycles. The third-order valence-electron chi connectivity index (χ3n) is 2.71. The Kier molecular flexibility index (Phi) is 5.17. The van der Waals surface area contributed by atoms with Crippen molar-refractivity contribution >= 4 is 12.0 Å². The first kappa shape index (κ1) is 14.0. The molecule has 5 heteroatoms. The topological polar surface area (TPSA) is 69.6 Å². The van der Waals surface area contributed by atoms with Crippen molar-refractivity contribution in [1.82, 2.24) is 10.2 Å². The predicted molar refractivity (Wildman–Crippen MR) is 68.3 cm³/mol. The summed E-state index contributed by atoms with van der Waals surface area (Å²) in [7, 11) is 1.71. The molecule has 98 valence electrons. The van der Waals surface area contributed by atoms with E-state index in [1.165, 1.54) is 0 Å². The zero-order valence-corrected chi connectivity index (χ0v) is 10.6. The quantitative estimate of drug-likeness (QED) is 0.831. The van der Waals surface area contributed by atoms with Crippen LogP contribution >= 0.6 is 0 Å². The molecule has 0 saturated carbocycles. The number of nitrogens with one attached hydrogen (secondary N) is 1. The molecule has 1 aromatic rings. The molecule has 1 rings (SSSR count). The van der Waals surface area contributed by atoms with E-state index < -0.39 is 5.97 Å². The highest BCUT2D eigenvalue weighted by atomic mass is 16.4. The summed E-state index contributed by atoms with van der Waals surface area (Å²) in [5.41, 5.74) is 1.56. The largest absolute Gasteiger partial charge is 0.481 e. The number of carboxylic acid groups (broad SMARTS) is 1. The number of aliphatic carboxylic acids is 1. The van der Waals surface area contributed by atoms with E-state index in [9.17, 15) is 9.59 Å². The summed E-state index contributed by atoms with van der Waals surface area (Å²) in [5, 5.41) is 11.6.